The zero-order valence-electron chi connectivity index (χ0n) is 8.10. The second-order valence-corrected chi connectivity index (χ2v) is 4.69. The van der Waals surface area contributed by atoms with Gasteiger partial charge in [-0.05, 0) is 17.7 Å². The highest BCUT2D eigenvalue weighted by Gasteiger charge is 1.98. The first-order chi connectivity index (χ1) is 6.87. The number of benzene rings is 1. The van der Waals surface area contributed by atoms with Gasteiger partial charge in [-0.3, -0.25) is 4.79 Å². The van der Waals surface area contributed by atoms with Gasteiger partial charge >= 0.3 is 0 Å². The second-order valence-electron chi connectivity index (χ2n) is 3.15. The number of hydrogen-bond acceptors (Lipinski definition) is 4. The Bertz CT molecular complexity index is 395. The van der Waals surface area contributed by atoms with Crippen LogP contribution in [0.5, 0.6) is 0 Å². The van der Waals surface area contributed by atoms with Gasteiger partial charge in [0, 0.05) is 18.8 Å². The summed E-state index contributed by atoms with van der Waals surface area (Å²) in [6.07, 6.45) is -0.507. The van der Waals surface area contributed by atoms with Gasteiger partial charge in [-0.25, -0.2) is 0 Å². The third-order valence-electron chi connectivity index (χ3n) is 1.65. The van der Waals surface area contributed by atoms with Crippen LogP contribution in [0, 0.1) is 0 Å². The van der Waals surface area contributed by atoms with E-state index in [1.54, 1.807) is 12.1 Å². The summed E-state index contributed by atoms with van der Waals surface area (Å²) in [4.78, 5) is 31.6. The first-order valence-corrected chi connectivity index (χ1v) is 5.97. The molecule has 0 saturated carbocycles. The fourth-order valence-corrected chi connectivity index (χ4v) is 1.78. The fraction of sp³-hybridized carbons (Fsp3) is 0.222. The topological polar surface area (TPSA) is 92.3 Å². The first-order valence-electron chi connectivity index (χ1n) is 4.24. The number of rotatable bonds is 3. The van der Waals surface area contributed by atoms with E-state index < -0.39 is 13.8 Å². The van der Waals surface area contributed by atoms with Crippen LogP contribution >= 0.6 is 7.60 Å². The molecule has 0 aromatic heterocycles. The monoisotopic (exact) mass is 227 g/mol. The zero-order chi connectivity index (χ0) is 11.5. The molecule has 0 spiro atoms. The Balaban J connectivity index is 2.72. The van der Waals surface area contributed by atoms with Crippen LogP contribution in [0.1, 0.15) is 12.5 Å². The Morgan fingerprint density at radius 1 is 1.33 bits per heavy atom. The smallest absolute Gasteiger partial charge is 0.221 e. The average molecular weight is 227 g/mol. The minimum atomic E-state index is -4.52. The Morgan fingerprint density at radius 2 is 1.87 bits per heavy atom. The van der Waals surface area contributed by atoms with Crippen LogP contribution in [-0.4, -0.2) is 5.91 Å². The second kappa shape index (κ2) is 4.57. The molecule has 0 saturated heterocycles. The molecule has 82 valence electrons. The van der Waals surface area contributed by atoms with Gasteiger partial charge in [0.25, 0.3) is 0 Å². The maximum Gasteiger partial charge on any atom is 0.221 e. The van der Waals surface area contributed by atoms with Gasteiger partial charge in [-0.1, -0.05) is 19.7 Å². The van der Waals surface area contributed by atoms with Crippen molar-refractivity contribution in [2.45, 2.75) is 13.1 Å². The molecule has 0 aliphatic carbocycles. The molecule has 0 heterocycles. The maximum absolute atomic E-state index is 10.7. The lowest BCUT2D eigenvalue weighted by atomic mass is 10.2. The van der Waals surface area contributed by atoms with Crippen LogP contribution in [-0.2, 0) is 15.5 Å². The highest BCUT2D eigenvalue weighted by Crippen LogP contribution is 2.29. The van der Waals surface area contributed by atoms with Gasteiger partial charge < -0.3 is 19.7 Å². The Kier molecular flexibility index (Phi) is 3.63. The molecular formula is C9H10NO4P-2. The van der Waals surface area contributed by atoms with E-state index in [1.165, 1.54) is 19.1 Å². The van der Waals surface area contributed by atoms with E-state index in [-0.39, 0.29) is 5.91 Å². The van der Waals surface area contributed by atoms with Crippen LogP contribution in [0.3, 0.4) is 0 Å². The van der Waals surface area contributed by atoms with E-state index in [9.17, 15) is 19.1 Å². The van der Waals surface area contributed by atoms with E-state index in [4.69, 9.17) is 0 Å². The summed E-state index contributed by atoms with van der Waals surface area (Å²) in [6.45, 7) is 1.37. The Labute approximate surface area is 87.3 Å². The molecule has 1 amide bonds. The van der Waals surface area contributed by atoms with E-state index in [0.29, 0.717) is 11.3 Å². The highest BCUT2D eigenvalue weighted by atomic mass is 31.2. The lowest BCUT2D eigenvalue weighted by molar-refractivity contribution is -0.314. The predicted octanol–water partition coefficient (Wildman–Crippen LogP) is 0.0587. The zero-order valence-corrected chi connectivity index (χ0v) is 8.99. The van der Waals surface area contributed by atoms with Crippen molar-refractivity contribution in [3.63, 3.8) is 0 Å². The van der Waals surface area contributed by atoms with Gasteiger partial charge in [0.2, 0.25) is 5.91 Å². The van der Waals surface area contributed by atoms with Crippen molar-refractivity contribution in [3.8, 4) is 0 Å². The number of anilines is 1. The van der Waals surface area contributed by atoms with E-state index >= 15 is 0 Å². The lowest BCUT2D eigenvalue weighted by Gasteiger charge is -2.29. The normalized spacial score (nSPS) is 11.1. The van der Waals surface area contributed by atoms with Crippen molar-refractivity contribution >= 4 is 19.2 Å². The molecule has 0 bridgehead atoms. The molecule has 5 nitrogen and oxygen atoms in total. The summed E-state index contributed by atoms with van der Waals surface area (Å²) in [5.41, 5.74) is 0.982. The molecule has 0 atom stereocenters. The number of carbonyl (C=O) groups is 1. The number of nitrogens with one attached hydrogen (secondary N) is 1. The molecular weight excluding hydrogens is 217 g/mol. The van der Waals surface area contributed by atoms with Gasteiger partial charge in [-0.15, -0.1) is 0 Å². The SMILES string of the molecule is CC(=O)Nc1ccc(CP(=O)([O-])[O-])cc1. The van der Waals surface area contributed by atoms with Gasteiger partial charge in [0.15, 0.2) is 0 Å². The first kappa shape index (κ1) is 11.9. The average Bonchev–Trinajstić information content (AvgIpc) is 2.05. The number of amides is 1. The number of carbonyl (C=O) groups excluding carboxylic acids is 1. The van der Waals surface area contributed by atoms with Crippen molar-refractivity contribution in [2.24, 2.45) is 0 Å². The van der Waals surface area contributed by atoms with Crippen LogP contribution in [0.4, 0.5) is 5.69 Å². The minimum Gasteiger partial charge on any atom is -0.810 e. The number of hydrogen-bond donors (Lipinski definition) is 1. The molecule has 0 unspecified atom stereocenters. The van der Waals surface area contributed by atoms with Crippen LogP contribution in [0.2, 0.25) is 0 Å². The van der Waals surface area contributed by atoms with E-state index in [1.807, 2.05) is 0 Å². The summed E-state index contributed by atoms with van der Waals surface area (Å²) in [5, 5.41) is 2.53. The van der Waals surface area contributed by atoms with Gasteiger partial charge in [0.05, 0.1) is 0 Å². The standard InChI is InChI=1S/C9H12NO4P/c1-7(11)10-9-4-2-8(3-5-9)6-15(12,13)14/h2-5H,6H2,1H3,(H,10,11)(H2,12,13,14)/p-2. The quantitative estimate of drug-likeness (QED) is 0.739. The maximum atomic E-state index is 10.7. The molecule has 1 rings (SSSR count). The fourth-order valence-electron chi connectivity index (χ4n) is 1.12. The van der Waals surface area contributed by atoms with Crippen molar-refractivity contribution in [3.05, 3.63) is 29.8 Å². The molecule has 0 fully saturated rings. The molecule has 0 aliphatic heterocycles. The molecule has 1 aromatic carbocycles. The summed E-state index contributed by atoms with van der Waals surface area (Å²) in [5.74, 6) is -0.207. The highest BCUT2D eigenvalue weighted by molar-refractivity contribution is 7.47. The molecule has 15 heavy (non-hydrogen) atoms. The molecule has 0 radical (unpaired) electrons. The summed E-state index contributed by atoms with van der Waals surface area (Å²) < 4.78 is 10.5. The third-order valence-corrected chi connectivity index (χ3v) is 2.40. The van der Waals surface area contributed by atoms with Crippen LogP contribution < -0.4 is 15.1 Å². The van der Waals surface area contributed by atoms with E-state index in [0.717, 1.165) is 0 Å². The summed E-state index contributed by atoms with van der Waals surface area (Å²) in [7, 11) is -4.52. The van der Waals surface area contributed by atoms with Crippen molar-refractivity contribution in [1.82, 2.24) is 0 Å². The molecule has 0 aliphatic rings. The summed E-state index contributed by atoms with van der Waals surface area (Å²) in [6, 6.07) is 6.08. The van der Waals surface area contributed by atoms with E-state index in [2.05, 4.69) is 5.32 Å². The predicted molar refractivity (Wildman–Crippen MR) is 52.1 cm³/mol. The molecule has 6 heteroatoms. The molecule has 1 aromatic rings. The minimum absolute atomic E-state index is 0.207. The van der Waals surface area contributed by atoms with Crippen LogP contribution in [0.15, 0.2) is 24.3 Å². The summed E-state index contributed by atoms with van der Waals surface area (Å²) >= 11 is 0. The van der Waals surface area contributed by atoms with Crippen LogP contribution in [0.25, 0.3) is 0 Å². The molecule has 1 N–H and O–H groups in total. The largest absolute Gasteiger partial charge is 0.810 e. The lowest BCUT2D eigenvalue weighted by Crippen LogP contribution is -2.15. The Hall–Kier alpha value is -1.16. The van der Waals surface area contributed by atoms with Crippen molar-refractivity contribution in [2.75, 3.05) is 5.32 Å². The van der Waals surface area contributed by atoms with Gasteiger partial charge in [-0.2, -0.15) is 0 Å². The van der Waals surface area contributed by atoms with Crippen molar-refractivity contribution in [1.29, 1.82) is 0 Å². The third kappa shape index (κ3) is 4.74. The van der Waals surface area contributed by atoms with Crippen molar-refractivity contribution < 1.29 is 19.1 Å². The Morgan fingerprint density at radius 3 is 2.27 bits per heavy atom. The van der Waals surface area contributed by atoms with Gasteiger partial charge in [0.1, 0.15) is 0 Å².